The van der Waals surface area contributed by atoms with Crippen LogP contribution in [0.4, 0.5) is 0 Å². The number of ether oxygens (including phenoxy) is 3. The van der Waals surface area contributed by atoms with E-state index in [1.54, 1.807) is 7.11 Å². The van der Waals surface area contributed by atoms with Crippen molar-refractivity contribution in [1.82, 2.24) is 0 Å². The number of halogens is 2. The second kappa shape index (κ2) is 10.9. The Morgan fingerprint density at radius 3 is 2.74 bits per heavy atom. The normalized spacial score (nSPS) is 12.6. The Hall–Kier alpha value is 0.120. The molecule has 0 saturated heterocycles. The van der Waals surface area contributed by atoms with Gasteiger partial charge in [0.15, 0.2) is 0 Å². The summed E-state index contributed by atoms with van der Waals surface area (Å²) in [5, 5.41) is 0.742. The zero-order valence-electron chi connectivity index (χ0n) is 11.1. The van der Waals surface area contributed by atoms with Crippen LogP contribution < -0.4 is 0 Å². The largest absolute Gasteiger partial charge is 0.385 e. The Kier molecular flexibility index (Phi) is 9.81. The third-order valence-electron chi connectivity index (χ3n) is 2.54. The van der Waals surface area contributed by atoms with Crippen molar-refractivity contribution in [3.05, 3.63) is 34.9 Å². The van der Waals surface area contributed by atoms with E-state index in [1.807, 2.05) is 24.3 Å². The zero-order valence-corrected chi connectivity index (χ0v) is 14.0. The number of hydrogen-bond donors (Lipinski definition) is 0. The smallest absolute Gasteiger partial charge is 0.0915 e. The van der Waals surface area contributed by atoms with Crippen LogP contribution in [0.2, 0.25) is 5.02 Å². The van der Waals surface area contributed by atoms with Crippen molar-refractivity contribution in [2.24, 2.45) is 0 Å². The van der Waals surface area contributed by atoms with E-state index in [2.05, 4.69) is 22.6 Å². The lowest BCUT2D eigenvalue weighted by Gasteiger charge is -2.16. The minimum atomic E-state index is 0.0712. The van der Waals surface area contributed by atoms with Gasteiger partial charge in [-0.1, -0.05) is 46.3 Å². The van der Waals surface area contributed by atoms with Crippen molar-refractivity contribution < 1.29 is 14.2 Å². The molecule has 0 saturated carbocycles. The number of benzene rings is 1. The summed E-state index contributed by atoms with van der Waals surface area (Å²) in [5.74, 6) is 0. The van der Waals surface area contributed by atoms with Gasteiger partial charge < -0.3 is 14.2 Å². The SMILES string of the molecule is COCCCOCCOC(CI)c1cccc(Cl)c1. The maximum atomic E-state index is 5.98. The van der Waals surface area contributed by atoms with Gasteiger partial charge in [-0.2, -0.15) is 0 Å². The molecule has 1 atom stereocenters. The van der Waals surface area contributed by atoms with E-state index in [4.69, 9.17) is 25.8 Å². The Morgan fingerprint density at radius 1 is 1.21 bits per heavy atom. The summed E-state index contributed by atoms with van der Waals surface area (Å²) < 4.78 is 17.1. The van der Waals surface area contributed by atoms with E-state index < -0.39 is 0 Å². The third kappa shape index (κ3) is 7.46. The monoisotopic (exact) mass is 398 g/mol. The van der Waals surface area contributed by atoms with Crippen LogP contribution in [-0.2, 0) is 14.2 Å². The predicted molar refractivity (Wildman–Crippen MR) is 86.3 cm³/mol. The van der Waals surface area contributed by atoms with Gasteiger partial charge in [0, 0.05) is 29.8 Å². The quantitative estimate of drug-likeness (QED) is 0.340. The summed E-state index contributed by atoms with van der Waals surface area (Å²) >= 11 is 8.30. The summed E-state index contributed by atoms with van der Waals surface area (Å²) in [6.07, 6.45) is 0.988. The van der Waals surface area contributed by atoms with Crippen molar-refractivity contribution in [2.45, 2.75) is 12.5 Å². The van der Waals surface area contributed by atoms with Crippen LogP contribution in [0.15, 0.2) is 24.3 Å². The van der Waals surface area contributed by atoms with Crippen LogP contribution in [0.1, 0.15) is 18.1 Å². The molecule has 3 nitrogen and oxygen atoms in total. The molecule has 1 unspecified atom stereocenters. The van der Waals surface area contributed by atoms with Gasteiger partial charge in [-0.3, -0.25) is 0 Å². The van der Waals surface area contributed by atoms with Gasteiger partial charge in [0.1, 0.15) is 0 Å². The van der Waals surface area contributed by atoms with Gasteiger partial charge in [0.25, 0.3) is 0 Å². The standard InChI is InChI=1S/C14H20ClIO3/c1-17-6-3-7-18-8-9-19-14(11-16)12-4-2-5-13(15)10-12/h2,4-5,10,14H,3,6-9,11H2,1H3. The highest BCUT2D eigenvalue weighted by Gasteiger charge is 2.10. The Morgan fingerprint density at radius 2 is 2.05 bits per heavy atom. The first-order chi connectivity index (χ1) is 9.27. The molecule has 5 heteroatoms. The fraction of sp³-hybridized carbons (Fsp3) is 0.571. The van der Waals surface area contributed by atoms with E-state index in [9.17, 15) is 0 Å². The lowest BCUT2D eigenvalue weighted by atomic mass is 10.1. The average Bonchev–Trinajstić information content (AvgIpc) is 2.42. The molecule has 0 aliphatic carbocycles. The summed E-state index contributed by atoms with van der Waals surface area (Å²) in [4.78, 5) is 0. The summed E-state index contributed by atoms with van der Waals surface area (Å²) in [7, 11) is 1.69. The topological polar surface area (TPSA) is 27.7 Å². The number of rotatable bonds is 10. The van der Waals surface area contributed by atoms with Crippen LogP contribution in [-0.4, -0.2) is 38.0 Å². The molecule has 0 aliphatic heterocycles. The van der Waals surface area contributed by atoms with Crippen molar-refractivity contribution in [3.8, 4) is 0 Å². The van der Waals surface area contributed by atoms with Gasteiger partial charge >= 0.3 is 0 Å². The van der Waals surface area contributed by atoms with Gasteiger partial charge in [0.05, 0.1) is 19.3 Å². The molecule has 19 heavy (non-hydrogen) atoms. The Labute approximate surface area is 133 Å². The molecule has 108 valence electrons. The minimum absolute atomic E-state index is 0.0712. The fourth-order valence-corrected chi connectivity index (χ4v) is 2.55. The molecule has 0 aliphatic rings. The molecule has 1 aromatic rings. The second-order valence-corrected chi connectivity index (χ2v) is 5.34. The summed E-state index contributed by atoms with van der Waals surface area (Å²) in [5.41, 5.74) is 1.11. The molecule has 0 aromatic heterocycles. The number of methoxy groups -OCH3 is 1. The van der Waals surface area contributed by atoms with Gasteiger partial charge in [-0.25, -0.2) is 0 Å². The van der Waals surface area contributed by atoms with Crippen LogP contribution >= 0.6 is 34.2 Å². The zero-order chi connectivity index (χ0) is 13.9. The fourth-order valence-electron chi connectivity index (χ4n) is 1.59. The van der Waals surface area contributed by atoms with Crippen LogP contribution in [0.5, 0.6) is 0 Å². The molecule has 0 N–H and O–H groups in total. The van der Waals surface area contributed by atoms with Crippen LogP contribution in [0.3, 0.4) is 0 Å². The van der Waals surface area contributed by atoms with Crippen LogP contribution in [0, 0.1) is 0 Å². The van der Waals surface area contributed by atoms with Crippen molar-refractivity contribution in [3.63, 3.8) is 0 Å². The summed E-state index contributed by atoms with van der Waals surface area (Å²) in [6.45, 7) is 2.65. The molecule has 0 bridgehead atoms. The van der Waals surface area contributed by atoms with Gasteiger partial charge in [-0.05, 0) is 24.1 Å². The van der Waals surface area contributed by atoms with E-state index in [0.717, 1.165) is 28.0 Å². The van der Waals surface area contributed by atoms with E-state index in [-0.39, 0.29) is 6.10 Å². The van der Waals surface area contributed by atoms with Crippen molar-refractivity contribution in [1.29, 1.82) is 0 Å². The van der Waals surface area contributed by atoms with Gasteiger partial charge in [0.2, 0.25) is 0 Å². The van der Waals surface area contributed by atoms with E-state index in [0.29, 0.717) is 19.8 Å². The van der Waals surface area contributed by atoms with Gasteiger partial charge in [-0.15, -0.1) is 0 Å². The molecule has 1 aromatic carbocycles. The Bertz CT molecular complexity index is 349. The molecular weight excluding hydrogens is 379 g/mol. The predicted octanol–water partition coefficient (Wildman–Crippen LogP) is 3.89. The molecule has 0 heterocycles. The Balaban J connectivity index is 2.22. The summed E-state index contributed by atoms with van der Waals surface area (Å²) in [6, 6.07) is 7.80. The van der Waals surface area contributed by atoms with E-state index >= 15 is 0 Å². The molecule has 0 fully saturated rings. The highest BCUT2D eigenvalue weighted by atomic mass is 127. The van der Waals surface area contributed by atoms with Crippen molar-refractivity contribution in [2.75, 3.05) is 38.0 Å². The maximum Gasteiger partial charge on any atom is 0.0915 e. The van der Waals surface area contributed by atoms with E-state index in [1.165, 1.54) is 0 Å². The highest BCUT2D eigenvalue weighted by molar-refractivity contribution is 14.1. The first-order valence-electron chi connectivity index (χ1n) is 6.27. The second-order valence-electron chi connectivity index (χ2n) is 4.03. The molecule has 1 rings (SSSR count). The molecule has 0 spiro atoms. The molecular formula is C14H20ClIO3. The average molecular weight is 399 g/mol. The lowest BCUT2D eigenvalue weighted by molar-refractivity contribution is 0.0104. The van der Waals surface area contributed by atoms with Crippen molar-refractivity contribution >= 4 is 34.2 Å². The number of alkyl halides is 1. The molecule has 0 amide bonds. The lowest BCUT2D eigenvalue weighted by Crippen LogP contribution is -2.12. The maximum absolute atomic E-state index is 5.98. The molecule has 0 radical (unpaired) electrons. The first kappa shape index (κ1) is 17.2. The third-order valence-corrected chi connectivity index (χ3v) is 3.58. The number of hydrogen-bond acceptors (Lipinski definition) is 3. The minimum Gasteiger partial charge on any atom is -0.385 e. The first-order valence-corrected chi connectivity index (χ1v) is 8.18. The highest BCUT2D eigenvalue weighted by Crippen LogP contribution is 2.22. The van der Waals surface area contributed by atoms with Crippen LogP contribution in [0.25, 0.3) is 0 Å².